The smallest absolute Gasteiger partial charge is 0.362 e. The average molecular weight is 323 g/mol. The number of alkyl halides is 3. The van der Waals surface area contributed by atoms with Gasteiger partial charge in [0.1, 0.15) is 5.82 Å². The van der Waals surface area contributed by atoms with Crippen molar-refractivity contribution in [2.24, 2.45) is 4.99 Å². The largest absolute Gasteiger partial charge is 0.416 e. The highest BCUT2D eigenvalue weighted by atomic mass is 19.4. The fraction of sp³-hybridized carbons (Fsp3) is 0.267. The van der Waals surface area contributed by atoms with E-state index in [9.17, 15) is 22.8 Å². The van der Waals surface area contributed by atoms with Crippen LogP contribution in [0.25, 0.3) is 0 Å². The van der Waals surface area contributed by atoms with E-state index >= 15 is 0 Å². The van der Waals surface area contributed by atoms with Gasteiger partial charge in [-0.2, -0.15) is 13.2 Å². The summed E-state index contributed by atoms with van der Waals surface area (Å²) in [5.74, 6) is -1.31. The van der Waals surface area contributed by atoms with Crippen LogP contribution in [0.5, 0.6) is 0 Å². The lowest BCUT2D eigenvalue weighted by molar-refractivity contribution is -0.137. The van der Waals surface area contributed by atoms with Crippen LogP contribution in [0.15, 0.2) is 35.2 Å². The number of hydrogen-bond donors (Lipinski definition) is 1. The molecule has 0 spiro atoms. The summed E-state index contributed by atoms with van der Waals surface area (Å²) >= 11 is 0. The number of nitrogens with one attached hydrogen (secondary N) is 1. The second-order valence-corrected chi connectivity index (χ2v) is 5.35. The van der Waals surface area contributed by atoms with Gasteiger partial charge < -0.3 is 5.32 Å². The van der Waals surface area contributed by atoms with Crippen molar-refractivity contribution < 1.29 is 22.8 Å². The highest BCUT2D eigenvalue weighted by Crippen LogP contribution is 2.34. The number of amides is 2. The Balaban J connectivity index is 2.02. The third kappa shape index (κ3) is 2.39. The van der Waals surface area contributed by atoms with E-state index in [4.69, 9.17) is 0 Å². The third-order valence-corrected chi connectivity index (χ3v) is 3.84. The van der Waals surface area contributed by atoms with Gasteiger partial charge >= 0.3 is 6.18 Å². The molecule has 1 N–H and O–H groups in total. The molecule has 1 aromatic carbocycles. The van der Waals surface area contributed by atoms with Gasteiger partial charge in [-0.05, 0) is 32.0 Å². The average Bonchev–Trinajstić information content (AvgIpc) is 2.73. The Hall–Kier alpha value is -2.64. The molecule has 1 unspecified atom stereocenters. The first-order valence-electron chi connectivity index (χ1n) is 6.81. The SMILES string of the molecule is CC1=NC=C(N2C(=O)c3ccc(C(F)(F)F)cc3C2=O)NC1C. The molecule has 5 nitrogen and oxygen atoms in total. The van der Waals surface area contributed by atoms with Gasteiger partial charge in [0.05, 0.1) is 28.9 Å². The maximum absolute atomic E-state index is 12.8. The molecule has 0 saturated carbocycles. The van der Waals surface area contributed by atoms with Crippen LogP contribution in [0.4, 0.5) is 13.2 Å². The number of carbonyl (C=O) groups is 2. The number of halogens is 3. The van der Waals surface area contributed by atoms with Gasteiger partial charge in [0, 0.05) is 5.71 Å². The molecule has 120 valence electrons. The summed E-state index contributed by atoms with van der Waals surface area (Å²) in [7, 11) is 0. The van der Waals surface area contributed by atoms with Crippen molar-refractivity contribution in [2.45, 2.75) is 26.1 Å². The summed E-state index contributed by atoms with van der Waals surface area (Å²) in [5.41, 5.74) is -0.507. The molecule has 2 aliphatic heterocycles. The van der Waals surface area contributed by atoms with Gasteiger partial charge in [-0.25, -0.2) is 4.90 Å². The quantitative estimate of drug-likeness (QED) is 0.808. The first-order chi connectivity index (χ1) is 10.7. The van der Waals surface area contributed by atoms with Crippen LogP contribution in [-0.2, 0) is 6.18 Å². The van der Waals surface area contributed by atoms with Gasteiger partial charge in [0.2, 0.25) is 0 Å². The number of benzene rings is 1. The maximum Gasteiger partial charge on any atom is 0.416 e. The summed E-state index contributed by atoms with van der Waals surface area (Å²) in [5, 5.41) is 2.94. The third-order valence-electron chi connectivity index (χ3n) is 3.84. The molecule has 2 heterocycles. The normalized spacial score (nSPS) is 20.9. The topological polar surface area (TPSA) is 61.8 Å². The molecule has 2 amide bonds. The molecule has 0 fully saturated rings. The lowest BCUT2D eigenvalue weighted by Crippen LogP contribution is -2.43. The standard InChI is InChI=1S/C15H12F3N3O2/c1-7-8(2)20-12(6-19-7)21-13(22)10-4-3-9(15(16,17)18)5-11(10)14(21)23/h3-6,8,20H,1-2H3. The Morgan fingerprint density at radius 2 is 1.83 bits per heavy atom. The van der Waals surface area contributed by atoms with Gasteiger partial charge in [-0.3, -0.25) is 14.6 Å². The number of nitrogens with zero attached hydrogens (tertiary/aromatic N) is 2. The lowest BCUT2D eigenvalue weighted by atomic mass is 10.1. The van der Waals surface area contributed by atoms with Crippen molar-refractivity contribution in [3.8, 4) is 0 Å². The zero-order valence-electron chi connectivity index (χ0n) is 12.2. The number of hydrogen-bond acceptors (Lipinski definition) is 4. The molecule has 0 radical (unpaired) electrons. The van der Waals surface area contributed by atoms with Crippen LogP contribution < -0.4 is 5.32 Å². The van der Waals surface area contributed by atoms with Crippen molar-refractivity contribution in [1.29, 1.82) is 0 Å². The molecule has 0 aromatic heterocycles. The Labute approximate surface area is 129 Å². The van der Waals surface area contributed by atoms with E-state index in [0.717, 1.165) is 22.7 Å². The predicted molar refractivity (Wildman–Crippen MR) is 75.7 cm³/mol. The van der Waals surface area contributed by atoms with E-state index in [-0.39, 0.29) is 23.0 Å². The highest BCUT2D eigenvalue weighted by molar-refractivity contribution is 6.22. The highest BCUT2D eigenvalue weighted by Gasteiger charge is 2.41. The first kappa shape index (κ1) is 15.3. The van der Waals surface area contributed by atoms with Gasteiger partial charge in [0.15, 0.2) is 0 Å². The van der Waals surface area contributed by atoms with Crippen molar-refractivity contribution in [3.05, 3.63) is 46.9 Å². The van der Waals surface area contributed by atoms with Crippen molar-refractivity contribution in [1.82, 2.24) is 10.2 Å². The van der Waals surface area contributed by atoms with Crippen LogP contribution in [0, 0.1) is 0 Å². The first-order valence-corrected chi connectivity index (χ1v) is 6.81. The fourth-order valence-corrected chi connectivity index (χ4v) is 2.40. The minimum atomic E-state index is -4.58. The number of rotatable bonds is 1. The lowest BCUT2D eigenvalue weighted by Gasteiger charge is -2.25. The zero-order valence-corrected chi connectivity index (χ0v) is 12.2. The van der Waals surface area contributed by atoms with E-state index in [1.165, 1.54) is 6.20 Å². The number of imide groups is 1. The van der Waals surface area contributed by atoms with Gasteiger partial charge in [-0.15, -0.1) is 0 Å². The Bertz CT molecular complexity index is 781. The van der Waals surface area contributed by atoms with E-state index in [0.29, 0.717) is 6.07 Å². The molecule has 0 aliphatic carbocycles. The van der Waals surface area contributed by atoms with E-state index in [1.807, 2.05) is 0 Å². The summed E-state index contributed by atoms with van der Waals surface area (Å²) in [6, 6.07) is 2.34. The van der Waals surface area contributed by atoms with E-state index in [1.54, 1.807) is 13.8 Å². The Morgan fingerprint density at radius 1 is 1.17 bits per heavy atom. The van der Waals surface area contributed by atoms with Crippen molar-refractivity contribution >= 4 is 17.5 Å². The summed E-state index contributed by atoms with van der Waals surface area (Å²) in [6.07, 6.45) is -3.26. The molecule has 0 bridgehead atoms. The second kappa shape index (κ2) is 4.94. The van der Waals surface area contributed by atoms with Crippen LogP contribution in [0.1, 0.15) is 40.1 Å². The number of carbonyl (C=O) groups excluding carboxylic acids is 2. The van der Waals surface area contributed by atoms with E-state index < -0.39 is 23.6 Å². The number of fused-ring (bicyclic) bond motifs is 1. The minimum absolute atomic E-state index is 0.0513. The zero-order chi connectivity index (χ0) is 16.9. The summed E-state index contributed by atoms with van der Waals surface area (Å²) in [6.45, 7) is 3.58. The number of aliphatic imine (C=N–C) groups is 1. The maximum atomic E-state index is 12.8. The molecule has 23 heavy (non-hydrogen) atoms. The van der Waals surface area contributed by atoms with Crippen LogP contribution in [-0.4, -0.2) is 28.5 Å². The molecule has 8 heteroatoms. The molecular formula is C15H12F3N3O2. The molecule has 3 rings (SSSR count). The second-order valence-electron chi connectivity index (χ2n) is 5.35. The minimum Gasteiger partial charge on any atom is -0.362 e. The molecule has 0 saturated heterocycles. The Kier molecular flexibility index (Phi) is 3.28. The van der Waals surface area contributed by atoms with Gasteiger partial charge in [0.25, 0.3) is 11.8 Å². The van der Waals surface area contributed by atoms with Gasteiger partial charge in [-0.1, -0.05) is 0 Å². The summed E-state index contributed by atoms with van der Waals surface area (Å²) < 4.78 is 38.3. The molecule has 1 atom stereocenters. The van der Waals surface area contributed by atoms with Crippen molar-refractivity contribution in [2.75, 3.05) is 0 Å². The van der Waals surface area contributed by atoms with E-state index in [2.05, 4.69) is 10.3 Å². The van der Waals surface area contributed by atoms with Crippen LogP contribution in [0.3, 0.4) is 0 Å². The Morgan fingerprint density at radius 3 is 2.43 bits per heavy atom. The monoisotopic (exact) mass is 323 g/mol. The fourth-order valence-electron chi connectivity index (χ4n) is 2.40. The van der Waals surface area contributed by atoms with Crippen molar-refractivity contribution in [3.63, 3.8) is 0 Å². The molecule has 1 aromatic rings. The van der Waals surface area contributed by atoms with Crippen LogP contribution in [0.2, 0.25) is 0 Å². The molecule has 2 aliphatic rings. The summed E-state index contributed by atoms with van der Waals surface area (Å²) in [4.78, 5) is 29.6. The predicted octanol–water partition coefficient (Wildman–Crippen LogP) is 2.55. The molecular weight excluding hydrogens is 311 g/mol. The van der Waals surface area contributed by atoms with Crippen LogP contribution >= 0.6 is 0 Å².